The fourth-order valence-electron chi connectivity index (χ4n) is 2.14. The van der Waals surface area contributed by atoms with Gasteiger partial charge in [-0.15, -0.1) is 0 Å². The summed E-state index contributed by atoms with van der Waals surface area (Å²) < 4.78 is 14.9. The Hall–Kier alpha value is -1.27. The molecule has 0 heterocycles. The second kappa shape index (κ2) is 7.13. The summed E-state index contributed by atoms with van der Waals surface area (Å²) in [4.78, 5) is 14.1. The lowest BCUT2D eigenvalue weighted by atomic mass is 10.1. The maximum absolute atomic E-state index is 13.8. The fourth-order valence-corrected chi connectivity index (χ4v) is 2.50. The Kier molecular flexibility index (Phi) is 5.47. The monoisotopic (exact) mass is 397 g/mol. The van der Waals surface area contributed by atoms with Gasteiger partial charge in [0.1, 0.15) is 5.82 Å². The third kappa shape index (κ3) is 4.11. The molecule has 0 aliphatic carbocycles. The number of carbonyl (C=O) groups excluding carboxylic acids is 1. The summed E-state index contributed by atoms with van der Waals surface area (Å²) in [6.45, 7) is 2.16. The molecule has 2 rings (SSSR count). The molecule has 0 saturated carbocycles. The van der Waals surface area contributed by atoms with Crippen molar-refractivity contribution in [3.05, 3.63) is 69.0 Å². The minimum atomic E-state index is -0.237. The molecule has 0 aromatic heterocycles. The van der Waals surface area contributed by atoms with Gasteiger partial charge in [0, 0.05) is 20.7 Å². The van der Waals surface area contributed by atoms with Gasteiger partial charge in [-0.25, -0.2) is 4.39 Å². The van der Waals surface area contributed by atoms with Crippen LogP contribution in [0, 0.1) is 9.39 Å². The van der Waals surface area contributed by atoms with Gasteiger partial charge in [-0.05, 0) is 54.8 Å². The van der Waals surface area contributed by atoms with Crippen LogP contribution in [0.5, 0.6) is 0 Å². The van der Waals surface area contributed by atoms with Crippen LogP contribution < -0.4 is 0 Å². The Morgan fingerprint density at radius 1 is 1.19 bits per heavy atom. The predicted octanol–water partition coefficient (Wildman–Crippen LogP) is 4.31. The molecule has 0 spiro atoms. The summed E-state index contributed by atoms with van der Waals surface area (Å²) in [6, 6.07) is 14.0. The van der Waals surface area contributed by atoms with E-state index < -0.39 is 0 Å². The Bertz CT molecular complexity index is 627. The highest BCUT2D eigenvalue weighted by molar-refractivity contribution is 14.1. The molecular weight excluding hydrogens is 380 g/mol. The zero-order valence-electron chi connectivity index (χ0n) is 12.0. The Labute approximate surface area is 138 Å². The van der Waals surface area contributed by atoms with Crippen molar-refractivity contribution < 1.29 is 9.18 Å². The van der Waals surface area contributed by atoms with Crippen LogP contribution in [0.15, 0.2) is 48.5 Å². The molecule has 2 nitrogen and oxygen atoms in total. The van der Waals surface area contributed by atoms with Crippen molar-refractivity contribution in [2.24, 2.45) is 0 Å². The fraction of sp³-hybridized carbons (Fsp3) is 0.235. The molecule has 1 unspecified atom stereocenters. The SMILES string of the molecule is CC(c1ccccc1F)N(C)CC(=O)c1ccc(I)cc1. The quantitative estimate of drug-likeness (QED) is 0.554. The van der Waals surface area contributed by atoms with E-state index in [1.807, 2.05) is 49.2 Å². The van der Waals surface area contributed by atoms with Crippen molar-refractivity contribution in [1.82, 2.24) is 4.90 Å². The van der Waals surface area contributed by atoms with Gasteiger partial charge < -0.3 is 0 Å². The standard InChI is InChI=1S/C17H17FINO/c1-12(15-5-3-4-6-16(15)18)20(2)11-17(21)13-7-9-14(19)10-8-13/h3-10,12H,11H2,1-2H3. The van der Waals surface area contributed by atoms with E-state index in [2.05, 4.69) is 22.6 Å². The summed E-state index contributed by atoms with van der Waals surface area (Å²) in [5, 5.41) is 0. The number of hydrogen-bond acceptors (Lipinski definition) is 2. The molecule has 4 heteroatoms. The zero-order valence-corrected chi connectivity index (χ0v) is 14.2. The van der Waals surface area contributed by atoms with E-state index in [4.69, 9.17) is 0 Å². The topological polar surface area (TPSA) is 20.3 Å². The van der Waals surface area contributed by atoms with Crippen LogP contribution in [0.2, 0.25) is 0 Å². The Balaban J connectivity index is 2.07. The third-order valence-corrected chi connectivity index (χ3v) is 4.29. The number of nitrogens with zero attached hydrogens (tertiary/aromatic N) is 1. The second-order valence-electron chi connectivity index (χ2n) is 5.04. The van der Waals surface area contributed by atoms with Crippen LogP contribution in [0.1, 0.15) is 28.9 Å². The molecule has 2 aromatic rings. The van der Waals surface area contributed by atoms with Gasteiger partial charge in [0.05, 0.1) is 6.54 Å². The normalized spacial score (nSPS) is 12.4. The number of benzene rings is 2. The molecule has 1 atom stereocenters. The Morgan fingerprint density at radius 2 is 1.81 bits per heavy atom. The van der Waals surface area contributed by atoms with E-state index in [-0.39, 0.29) is 24.2 Å². The summed E-state index contributed by atoms with van der Waals surface area (Å²) in [5.74, 6) is -0.198. The van der Waals surface area contributed by atoms with Crippen molar-refractivity contribution in [2.45, 2.75) is 13.0 Å². The lowest BCUT2D eigenvalue weighted by Crippen LogP contribution is -2.29. The maximum Gasteiger partial charge on any atom is 0.176 e. The number of halogens is 2. The first-order chi connectivity index (χ1) is 9.99. The average molecular weight is 397 g/mol. The number of likely N-dealkylation sites (N-methyl/N-ethyl adjacent to an activating group) is 1. The second-order valence-corrected chi connectivity index (χ2v) is 6.29. The summed E-state index contributed by atoms with van der Waals surface area (Å²) >= 11 is 2.20. The molecule has 0 aliphatic heterocycles. The zero-order chi connectivity index (χ0) is 15.4. The van der Waals surface area contributed by atoms with Crippen LogP contribution in [0.25, 0.3) is 0 Å². The van der Waals surface area contributed by atoms with E-state index >= 15 is 0 Å². The minimum absolute atomic E-state index is 0.0390. The molecule has 0 aliphatic rings. The van der Waals surface area contributed by atoms with E-state index in [1.54, 1.807) is 12.1 Å². The smallest absolute Gasteiger partial charge is 0.176 e. The molecule has 0 radical (unpaired) electrons. The van der Waals surface area contributed by atoms with E-state index in [9.17, 15) is 9.18 Å². The van der Waals surface area contributed by atoms with Crippen molar-refractivity contribution >= 4 is 28.4 Å². The van der Waals surface area contributed by atoms with Crippen molar-refractivity contribution in [3.63, 3.8) is 0 Å². The van der Waals surface area contributed by atoms with Crippen molar-refractivity contribution in [3.8, 4) is 0 Å². The molecule has 0 fully saturated rings. The van der Waals surface area contributed by atoms with E-state index in [0.717, 1.165) is 3.57 Å². The van der Waals surface area contributed by atoms with Crippen LogP contribution in [-0.2, 0) is 0 Å². The first-order valence-electron chi connectivity index (χ1n) is 6.72. The lowest BCUT2D eigenvalue weighted by molar-refractivity contribution is 0.0923. The van der Waals surface area contributed by atoms with Crippen molar-refractivity contribution in [1.29, 1.82) is 0 Å². The highest BCUT2D eigenvalue weighted by Gasteiger charge is 2.18. The largest absolute Gasteiger partial charge is 0.293 e. The van der Waals surface area contributed by atoms with Crippen LogP contribution in [-0.4, -0.2) is 24.3 Å². The first-order valence-corrected chi connectivity index (χ1v) is 7.80. The number of carbonyl (C=O) groups is 1. The molecule has 110 valence electrons. The Morgan fingerprint density at radius 3 is 2.43 bits per heavy atom. The number of rotatable bonds is 5. The summed E-state index contributed by atoms with van der Waals surface area (Å²) in [6.07, 6.45) is 0. The summed E-state index contributed by atoms with van der Waals surface area (Å²) in [5.41, 5.74) is 1.29. The molecule has 0 amide bonds. The lowest BCUT2D eigenvalue weighted by Gasteiger charge is -2.24. The van der Waals surface area contributed by atoms with Gasteiger partial charge in [-0.3, -0.25) is 9.69 Å². The number of Topliss-reactive ketones (excluding diaryl/α,β-unsaturated/α-hetero) is 1. The minimum Gasteiger partial charge on any atom is -0.293 e. The van der Waals surface area contributed by atoms with Gasteiger partial charge in [0.25, 0.3) is 0 Å². The summed E-state index contributed by atoms with van der Waals surface area (Å²) in [7, 11) is 1.84. The van der Waals surface area contributed by atoms with Gasteiger partial charge >= 0.3 is 0 Å². The number of hydrogen-bond donors (Lipinski definition) is 0. The highest BCUT2D eigenvalue weighted by atomic mass is 127. The molecular formula is C17H17FINO. The highest BCUT2D eigenvalue weighted by Crippen LogP contribution is 2.21. The van der Waals surface area contributed by atoms with E-state index in [0.29, 0.717) is 11.1 Å². The average Bonchev–Trinajstić information content (AvgIpc) is 2.47. The van der Waals surface area contributed by atoms with E-state index in [1.165, 1.54) is 6.07 Å². The molecule has 0 saturated heterocycles. The molecule has 2 aromatic carbocycles. The van der Waals surface area contributed by atoms with Gasteiger partial charge in [0.2, 0.25) is 0 Å². The van der Waals surface area contributed by atoms with Crippen LogP contribution in [0.4, 0.5) is 4.39 Å². The van der Waals surface area contributed by atoms with Gasteiger partial charge in [-0.2, -0.15) is 0 Å². The molecule has 0 N–H and O–H groups in total. The third-order valence-electron chi connectivity index (χ3n) is 3.58. The van der Waals surface area contributed by atoms with Crippen LogP contribution in [0.3, 0.4) is 0 Å². The van der Waals surface area contributed by atoms with Gasteiger partial charge in [0.15, 0.2) is 5.78 Å². The molecule has 21 heavy (non-hydrogen) atoms. The number of ketones is 1. The van der Waals surface area contributed by atoms with Crippen molar-refractivity contribution in [2.75, 3.05) is 13.6 Å². The van der Waals surface area contributed by atoms with Gasteiger partial charge in [-0.1, -0.05) is 30.3 Å². The van der Waals surface area contributed by atoms with Crippen LogP contribution >= 0.6 is 22.6 Å². The molecule has 0 bridgehead atoms. The maximum atomic E-state index is 13.8. The first kappa shape index (κ1) is 16.1. The predicted molar refractivity (Wildman–Crippen MR) is 90.9 cm³/mol.